The predicted octanol–water partition coefficient (Wildman–Crippen LogP) is 6.10. The summed E-state index contributed by atoms with van der Waals surface area (Å²) in [5.41, 5.74) is 1.81. The van der Waals surface area contributed by atoms with Crippen molar-refractivity contribution in [2.45, 2.75) is 6.92 Å². The summed E-state index contributed by atoms with van der Waals surface area (Å²) in [6.07, 6.45) is 3.46. The van der Waals surface area contributed by atoms with Crippen LogP contribution in [0.15, 0.2) is 126 Å². The summed E-state index contributed by atoms with van der Waals surface area (Å²) in [4.78, 5) is 11.6. The van der Waals surface area contributed by atoms with Crippen molar-refractivity contribution in [1.82, 2.24) is 0 Å². The summed E-state index contributed by atoms with van der Waals surface area (Å²) in [6.45, 7) is 1.56. The maximum atomic E-state index is 11.6. The Kier molecular flexibility index (Phi) is 6.40. The van der Waals surface area contributed by atoms with Gasteiger partial charge >= 0.3 is 0 Å². The van der Waals surface area contributed by atoms with E-state index >= 15 is 0 Å². The van der Waals surface area contributed by atoms with Crippen molar-refractivity contribution >= 4 is 40.5 Å². The minimum atomic E-state index is -2.34. The number of ketones is 1. The molecule has 0 saturated carbocycles. The highest BCUT2D eigenvalue weighted by molar-refractivity contribution is 7.87. The molecule has 0 radical (unpaired) electrons. The fourth-order valence-corrected chi connectivity index (χ4v) is 7.20. The topological polar surface area (TPSA) is 29.4 Å². The number of benzene rings is 4. The molecule has 0 N–H and O–H groups in total. The van der Waals surface area contributed by atoms with Gasteiger partial charge in [0.15, 0.2) is 5.78 Å². The third-order valence-corrected chi connectivity index (χ3v) is 8.73. The number of rotatable bonds is 6. The second-order valence-corrected chi connectivity index (χ2v) is 10.3. The summed E-state index contributed by atoms with van der Waals surface area (Å²) in [6, 6.07) is 39.6. The van der Waals surface area contributed by atoms with Gasteiger partial charge in [-0.3, -0.25) is 9.54 Å². The normalized spacial score (nSPS) is 11.4. The standard InChI is InChI=1S/C28H24NOP/c1-23(30)21-22-24-13-11-12-20-28(24)29-31(25-14-5-2-6-15-25,26-16-7-3-8-17-26)27-18-9-4-10-19-27/h2-22H,1H3/b22-21+. The lowest BCUT2D eigenvalue weighted by Crippen LogP contribution is -2.25. The largest absolute Gasteiger partial charge is 0.295 e. The molecule has 0 heterocycles. The predicted molar refractivity (Wildman–Crippen MR) is 133 cm³/mol. The van der Waals surface area contributed by atoms with E-state index in [9.17, 15) is 4.79 Å². The first-order valence-electron chi connectivity index (χ1n) is 10.3. The summed E-state index contributed by atoms with van der Waals surface area (Å²) >= 11 is 0. The average molecular weight is 421 g/mol. The summed E-state index contributed by atoms with van der Waals surface area (Å²) in [7, 11) is -2.34. The Balaban J connectivity index is 2.11. The first-order valence-corrected chi connectivity index (χ1v) is 12.0. The Bertz CT molecular complexity index is 1140. The Morgan fingerprint density at radius 3 is 1.52 bits per heavy atom. The van der Waals surface area contributed by atoms with E-state index < -0.39 is 7.05 Å². The van der Waals surface area contributed by atoms with E-state index in [4.69, 9.17) is 4.74 Å². The molecule has 0 aliphatic carbocycles. The quantitative estimate of drug-likeness (QED) is 0.273. The van der Waals surface area contributed by atoms with Crippen LogP contribution in [0, 0.1) is 0 Å². The SMILES string of the molecule is CC(=O)/C=C/c1ccccc1N=P(c1ccccc1)(c1ccccc1)c1ccccc1. The van der Waals surface area contributed by atoms with Gasteiger partial charge in [0.2, 0.25) is 0 Å². The number of hydrogen-bond donors (Lipinski definition) is 0. The van der Waals surface area contributed by atoms with E-state index in [0.717, 1.165) is 11.3 Å². The molecule has 0 unspecified atom stereocenters. The van der Waals surface area contributed by atoms with Crippen molar-refractivity contribution in [2.24, 2.45) is 4.74 Å². The fourth-order valence-electron chi connectivity index (χ4n) is 3.64. The number of carbonyl (C=O) groups excluding carboxylic acids is 1. The molecule has 0 fully saturated rings. The lowest BCUT2D eigenvalue weighted by Gasteiger charge is -2.27. The Labute approximate surface area is 184 Å². The van der Waals surface area contributed by atoms with Crippen LogP contribution in [-0.4, -0.2) is 5.78 Å². The number of allylic oxidation sites excluding steroid dienone is 1. The number of carbonyl (C=O) groups is 1. The summed E-state index contributed by atoms with van der Waals surface area (Å²) < 4.78 is 5.53. The highest BCUT2D eigenvalue weighted by atomic mass is 31.2. The minimum absolute atomic E-state index is 0.0186. The molecule has 0 aliphatic rings. The third kappa shape index (κ3) is 4.50. The molecule has 0 spiro atoms. The number of hydrogen-bond acceptors (Lipinski definition) is 2. The van der Waals surface area contributed by atoms with Crippen LogP contribution in [0.4, 0.5) is 5.69 Å². The van der Waals surface area contributed by atoms with Crippen molar-refractivity contribution in [3.8, 4) is 0 Å². The second-order valence-electron chi connectivity index (χ2n) is 7.24. The molecule has 4 aromatic carbocycles. The maximum absolute atomic E-state index is 11.6. The number of nitrogens with zero attached hydrogens (tertiary/aromatic N) is 1. The van der Waals surface area contributed by atoms with Crippen molar-refractivity contribution in [2.75, 3.05) is 0 Å². The molecule has 0 bridgehead atoms. The molecule has 0 aliphatic heterocycles. The van der Waals surface area contributed by atoms with Gasteiger partial charge in [0.1, 0.15) is 0 Å². The molecule has 0 amide bonds. The molecular formula is C28H24NOP. The lowest BCUT2D eigenvalue weighted by molar-refractivity contribution is -0.112. The maximum Gasteiger partial charge on any atom is 0.152 e. The van der Waals surface area contributed by atoms with Gasteiger partial charge in [0, 0.05) is 21.5 Å². The zero-order chi connectivity index (χ0) is 21.5. The highest BCUT2D eigenvalue weighted by Crippen LogP contribution is 2.49. The van der Waals surface area contributed by atoms with Crippen LogP contribution >= 0.6 is 7.05 Å². The molecular weight excluding hydrogens is 397 g/mol. The molecule has 152 valence electrons. The van der Waals surface area contributed by atoms with Gasteiger partial charge in [0.25, 0.3) is 0 Å². The van der Waals surface area contributed by atoms with E-state index in [1.165, 1.54) is 15.9 Å². The zero-order valence-corrected chi connectivity index (χ0v) is 18.3. The Hall–Kier alpha value is -3.48. The van der Waals surface area contributed by atoms with Gasteiger partial charge in [-0.1, -0.05) is 109 Å². The van der Waals surface area contributed by atoms with Gasteiger partial charge < -0.3 is 0 Å². The second kappa shape index (κ2) is 9.55. The molecule has 2 nitrogen and oxygen atoms in total. The van der Waals surface area contributed by atoms with Gasteiger partial charge in [0.05, 0.1) is 12.7 Å². The Morgan fingerprint density at radius 2 is 1.06 bits per heavy atom. The molecule has 31 heavy (non-hydrogen) atoms. The Morgan fingerprint density at radius 1 is 0.645 bits per heavy atom. The van der Waals surface area contributed by atoms with Gasteiger partial charge in [-0.25, -0.2) is 0 Å². The molecule has 0 saturated heterocycles. The molecule has 0 aromatic heterocycles. The molecule has 3 heteroatoms. The zero-order valence-electron chi connectivity index (χ0n) is 17.4. The van der Waals surface area contributed by atoms with Gasteiger partial charge in [-0.15, -0.1) is 0 Å². The van der Waals surface area contributed by atoms with Gasteiger partial charge in [-0.05, 0) is 25.1 Å². The first kappa shape index (κ1) is 20.8. The molecule has 4 aromatic rings. The van der Waals surface area contributed by atoms with Gasteiger partial charge in [-0.2, -0.15) is 0 Å². The van der Waals surface area contributed by atoms with Crippen molar-refractivity contribution < 1.29 is 4.79 Å². The van der Waals surface area contributed by atoms with Crippen molar-refractivity contribution in [1.29, 1.82) is 0 Å². The van der Waals surface area contributed by atoms with Crippen molar-refractivity contribution in [3.63, 3.8) is 0 Å². The summed E-state index contributed by atoms with van der Waals surface area (Å²) in [5.74, 6) is 0.0186. The van der Waals surface area contributed by atoms with E-state index in [1.54, 1.807) is 13.0 Å². The third-order valence-electron chi connectivity index (χ3n) is 5.08. The minimum Gasteiger partial charge on any atom is -0.295 e. The van der Waals surface area contributed by atoms with Crippen LogP contribution in [0.1, 0.15) is 12.5 Å². The van der Waals surface area contributed by atoms with Crippen LogP contribution in [0.5, 0.6) is 0 Å². The summed E-state index contributed by atoms with van der Waals surface area (Å²) in [5, 5.41) is 3.58. The van der Waals surface area contributed by atoms with E-state index in [0.29, 0.717) is 0 Å². The van der Waals surface area contributed by atoms with Crippen molar-refractivity contribution in [3.05, 3.63) is 127 Å². The fraction of sp³-hybridized carbons (Fsp3) is 0.0357. The lowest BCUT2D eigenvalue weighted by atomic mass is 10.1. The van der Waals surface area contributed by atoms with Crippen LogP contribution in [0.3, 0.4) is 0 Å². The molecule has 0 atom stereocenters. The van der Waals surface area contributed by atoms with E-state index in [2.05, 4.69) is 72.8 Å². The first-order chi connectivity index (χ1) is 15.2. The highest BCUT2D eigenvalue weighted by Gasteiger charge is 2.27. The van der Waals surface area contributed by atoms with E-state index in [1.807, 2.05) is 48.5 Å². The smallest absolute Gasteiger partial charge is 0.152 e. The van der Waals surface area contributed by atoms with Crippen LogP contribution in [0.2, 0.25) is 0 Å². The van der Waals surface area contributed by atoms with Crippen LogP contribution in [-0.2, 0) is 4.79 Å². The van der Waals surface area contributed by atoms with E-state index in [-0.39, 0.29) is 5.78 Å². The monoisotopic (exact) mass is 421 g/mol. The molecule has 4 rings (SSSR count). The van der Waals surface area contributed by atoms with Crippen LogP contribution in [0.25, 0.3) is 6.08 Å². The van der Waals surface area contributed by atoms with Crippen LogP contribution < -0.4 is 15.9 Å². The average Bonchev–Trinajstić information content (AvgIpc) is 2.83.